The summed E-state index contributed by atoms with van der Waals surface area (Å²) >= 11 is 1.36. The molecule has 0 amide bonds. The monoisotopic (exact) mass is 268 g/mol. The van der Waals surface area contributed by atoms with Gasteiger partial charge in [-0.3, -0.25) is 9.59 Å². The van der Waals surface area contributed by atoms with Gasteiger partial charge in [-0.15, -0.1) is 11.8 Å². The average Bonchev–Trinajstić information content (AvgIpc) is 2.43. The van der Waals surface area contributed by atoms with Crippen LogP contribution in [-0.4, -0.2) is 37.7 Å². The maximum Gasteiger partial charge on any atom is 0.315 e. The molecule has 0 fully saturated rings. The van der Waals surface area contributed by atoms with Crippen molar-refractivity contribution in [2.75, 3.05) is 25.7 Å². The fourth-order valence-electron chi connectivity index (χ4n) is 1.45. The molecule has 0 spiro atoms. The van der Waals surface area contributed by atoms with E-state index < -0.39 is 0 Å². The van der Waals surface area contributed by atoms with Crippen molar-refractivity contribution in [3.8, 4) is 0 Å². The predicted octanol–water partition coefficient (Wildman–Crippen LogP) is 1.85. The fourth-order valence-corrected chi connectivity index (χ4v) is 2.41. The Morgan fingerprint density at radius 2 is 1.83 bits per heavy atom. The summed E-state index contributed by atoms with van der Waals surface area (Å²) in [5.74, 6) is -0.219. The van der Waals surface area contributed by atoms with E-state index in [1.165, 1.54) is 26.0 Å². The van der Waals surface area contributed by atoms with E-state index in [1.807, 2.05) is 30.3 Å². The van der Waals surface area contributed by atoms with E-state index in [4.69, 9.17) is 4.74 Å². The molecular weight excluding hydrogens is 252 g/mol. The molecule has 1 aromatic carbocycles. The van der Waals surface area contributed by atoms with Gasteiger partial charge in [0.05, 0.1) is 25.9 Å². The maximum atomic E-state index is 11.7. The summed E-state index contributed by atoms with van der Waals surface area (Å²) < 4.78 is 9.33. The molecule has 1 unspecified atom stereocenters. The lowest BCUT2D eigenvalue weighted by Crippen LogP contribution is -2.17. The molecule has 1 rings (SSSR count). The molecule has 0 aliphatic heterocycles. The molecule has 0 aromatic heterocycles. The van der Waals surface area contributed by atoms with Crippen LogP contribution in [0.25, 0.3) is 0 Å². The van der Waals surface area contributed by atoms with E-state index >= 15 is 0 Å². The van der Waals surface area contributed by atoms with Crippen LogP contribution in [0.1, 0.15) is 11.5 Å². The minimum absolute atomic E-state index is 0.233. The molecule has 0 heterocycles. The Labute approximate surface area is 111 Å². The van der Waals surface area contributed by atoms with Gasteiger partial charge in [0, 0.05) is 5.75 Å². The molecule has 5 heteroatoms. The summed E-state index contributed by atoms with van der Waals surface area (Å²) in [5.41, 5.74) is 0.890. The summed E-state index contributed by atoms with van der Waals surface area (Å²) in [7, 11) is 2.71. The Morgan fingerprint density at radius 3 is 2.39 bits per heavy atom. The lowest BCUT2D eigenvalue weighted by atomic mass is 10.0. The lowest BCUT2D eigenvalue weighted by molar-refractivity contribution is -0.142. The molecular formula is C13H16O4S. The first-order chi connectivity index (χ1) is 8.69. The van der Waals surface area contributed by atoms with E-state index in [2.05, 4.69) is 4.74 Å². The maximum absolute atomic E-state index is 11.7. The van der Waals surface area contributed by atoms with Crippen molar-refractivity contribution in [3.05, 3.63) is 35.9 Å². The highest BCUT2D eigenvalue weighted by atomic mass is 32.2. The van der Waals surface area contributed by atoms with Crippen LogP contribution < -0.4 is 0 Å². The molecule has 0 saturated carbocycles. The Kier molecular flexibility index (Phi) is 6.28. The minimum atomic E-state index is -0.356. The summed E-state index contributed by atoms with van der Waals surface area (Å²) in [6.07, 6.45) is 0. The van der Waals surface area contributed by atoms with Crippen LogP contribution in [0, 0.1) is 0 Å². The first-order valence-electron chi connectivity index (χ1n) is 5.46. The molecule has 18 heavy (non-hydrogen) atoms. The number of hydrogen-bond donors (Lipinski definition) is 0. The summed E-state index contributed by atoms with van der Waals surface area (Å²) in [5, 5.41) is 0. The Morgan fingerprint density at radius 1 is 1.17 bits per heavy atom. The van der Waals surface area contributed by atoms with Crippen LogP contribution in [0.15, 0.2) is 30.3 Å². The molecule has 0 bridgehead atoms. The molecule has 0 saturated heterocycles. The number of carbonyl (C=O) groups is 2. The van der Waals surface area contributed by atoms with Crippen LogP contribution in [-0.2, 0) is 19.1 Å². The standard InChI is InChI=1S/C13H16O4S/c1-16-12(14)9-18-8-11(13(15)17-2)10-6-4-3-5-7-10/h3-7,11H,8-9H2,1-2H3. The zero-order valence-corrected chi connectivity index (χ0v) is 11.2. The molecule has 1 aromatic rings. The van der Waals surface area contributed by atoms with Gasteiger partial charge in [-0.2, -0.15) is 0 Å². The number of esters is 2. The molecule has 0 radical (unpaired) electrons. The molecule has 0 aliphatic rings. The second-order valence-electron chi connectivity index (χ2n) is 3.58. The Hall–Kier alpha value is -1.49. The van der Waals surface area contributed by atoms with E-state index in [0.717, 1.165) is 5.56 Å². The summed E-state index contributed by atoms with van der Waals surface area (Å²) in [6.45, 7) is 0. The Bertz CT molecular complexity index is 391. The van der Waals surface area contributed by atoms with Gasteiger partial charge < -0.3 is 9.47 Å². The highest BCUT2D eigenvalue weighted by molar-refractivity contribution is 8.00. The number of methoxy groups -OCH3 is 2. The van der Waals surface area contributed by atoms with Gasteiger partial charge in [-0.25, -0.2) is 0 Å². The normalized spacial score (nSPS) is 11.7. The van der Waals surface area contributed by atoms with Crippen LogP contribution in [0.2, 0.25) is 0 Å². The molecule has 1 atom stereocenters. The van der Waals surface area contributed by atoms with Crippen molar-refractivity contribution >= 4 is 23.7 Å². The van der Waals surface area contributed by atoms with Crippen molar-refractivity contribution in [1.82, 2.24) is 0 Å². The van der Waals surface area contributed by atoms with Crippen LogP contribution in [0.3, 0.4) is 0 Å². The molecule has 98 valence electrons. The predicted molar refractivity (Wildman–Crippen MR) is 70.5 cm³/mol. The quantitative estimate of drug-likeness (QED) is 0.737. The van der Waals surface area contributed by atoms with Gasteiger partial charge in [-0.1, -0.05) is 30.3 Å². The van der Waals surface area contributed by atoms with E-state index in [1.54, 1.807) is 0 Å². The topological polar surface area (TPSA) is 52.6 Å². The van der Waals surface area contributed by atoms with Crippen molar-refractivity contribution < 1.29 is 19.1 Å². The van der Waals surface area contributed by atoms with Gasteiger partial charge in [-0.05, 0) is 5.56 Å². The van der Waals surface area contributed by atoms with Gasteiger partial charge in [0.1, 0.15) is 0 Å². The molecule has 0 aliphatic carbocycles. The zero-order chi connectivity index (χ0) is 13.4. The second kappa shape index (κ2) is 7.76. The third-order valence-electron chi connectivity index (χ3n) is 2.42. The Balaban J connectivity index is 2.63. The number of hydrogen-bond acceptors (Lipinski definition) is 5. The number of thioether (sulfide) groups is 1. The van der Waals surface area contributed by atoms with Crippen molar-refractivity contribution in [3.63, 3.8) is 0 Å². The van der Waals surface area contributed by atoms with Crippen molar-refractivity contribution in [1.29, 1.82) is 0 Å². The lowest BCUT2D eigenvalue weighted by Gasteiger charge is -2.14. The van der Waals surface area contributed by atoms with Crippen LogP contribution in [0.4, 0.5) is 0 Å². The zero-order valence-electron chi connectivity index (χ0n) is 10.4. The van der Waals surface area contributed by atoms with E-state index in [-0.39, 0.29) is 23.6 Å². The fraction of sp³-hybridized carbons (Fsp3) is 0.385. The first-order valence-corrected chi connectivity index (χ1v) is 6.61. The number of rotatable bonds is 6. The van der Waals surface area contributed by atoms with Crippen LogP contribution >= 0.6 is 11.8 Å². The summed E-state index contributed by atoms with van der Waals surface area (Å²) in [6, 6.07) is 9.38. The van der Waals surface area contributed by atoms with Gasteiger partial charge in [0.15, 0.2) is 0 Å². The molecule has 4 nitrogen and oxygen atoms in total. The number of ether oxygens (including phenoxy) is 2. The van der Waals surface area contributed by atoms with Gasteiger partial charge in [0.2, 0.25) is 0 Å². The highest BCUT2D eigenvalue weighted by Gasteiger charge is 2.21. The third kappa shape index (κ3) is 4.41. The first kappa shape index (κ1) is 14.6. The van der Waals surface area contributed by atoms with E-state index in [9.17, 15) is 9.59 Å². The third-order valence-corrected chi connectivity index (χ3v) is 3.43. The SMILES string of the molecule is COC(=O)CSCC(C(=O)OC)c1ccccc1. The smallest absolute Gasteiger partial charge is 0.315 e. The van der Waals surface area contributed by atoms with Crippen LogP contribution in [0.5, 0.6) is 0 Å². The van der Waals surface area contributed by atoms with Gasteiger partial charge in [0.25, 0.3) is 0 Å². The summed E-state index contributed by atoms with van der Waals surface area (Å²) in [4.78, 5) is 22.7. The average molecular weight is 268 g/mol. The molecule has 0 N–H and O–H groups in total. The minimum Gasteiger partial charge on any atom is -0.469 e. The van der Waals surface area contributed by atoms with Gasteiger partial charge >= 0.3 is 11.9 Å². The van der Waals surface area contributed by atoms with Crippen molar-refractivity contribution in [2.45, 2.75) is 5.92 Å². The highest BCUT2D eigenvalue weighted by Crippen LogP contribution is 2.22. The van der Waals surface area contributed by atoms with E-state index in [0.29, 0.717) is 5.75 Å². The number of benzene rings is 1. The largest absolute Gasteiger partial charge is 0.469 e. The second-order valence-corrected chi connectivity index (χ2v) is 4.61. The number of carbonyl (C=O) groups excluding carboxylic acids is 2. The van der Waals surface area contributed by atoms with Crippen molar-refractivity contribution in [2.24, 2.45) is 0 Å².